The minimum atomic E-state index is -0.974. The number of carboxylic acids is 1. The summed E-state index contributed by atoms with van der Waals surface area (Å²) in [5.74, 6) is -1.90. The molecule has 0 heterocycles. The lowest BCUT2D eigenvalue weighted by Crippen LogP contribution is -2.22. The highest BCUT2D eigenvalue weighted by atomic mass is 16.4. The minimum absolute atomic E-state index is 0.0402. The normalized spacial score (nSPS) is 13.3. The molecule has 3 N–H and O–H groups in total. The molecule has 1 atom stereocenters. The molecule has 1 aromatic rings. The fourth-order valence-electron chi connectivity index (χ4n) is 2.60. The second-order valence-corrected chi connectivity index (χ2v) is 5.62. The van der Waals surface area contributed by atoms with Crippen molar-refractivity contribution in [2.45, 2.75) is 51.9 Å². The van der Waals surface area contributed by atoms with Crippen molar-refractivity contribution in [1.82, 2.24) is 0 Å². The number of carboxylic acid groups (broad SMARTS) is 1. The number of hydrogen-bond acceptors (Lipinski definition) is 3. The van der Waals surface area contributed by atoms with Gasteiger partial charge in [-0.2, -0.15) is 0 Å². The van der Waals surface area contributed by atoms with E-state index < -0.39 is 11.9 Å². The van der Waals surface area contributed by atoms with Gasteiger partial charge in [0.15, 0.2) is 0 Å². The molecule has 4 heteroatoms. The lowest BCUT2D eigenvalue weighted by atomic mass is 9.75. The van der Waals surface area contributed by atoms with E-state index in [1.54, 1.807) is 6.92 Å². The van der Waals surface area contributed by atoms with Crippen LogP contribution in [0.5, 0.6) is 11.5 Å². The third-order valence-corrected chi connectivity index (χ3v) is 3.52. The van der Waals surface area contributed by atoms with Crippen molar-refractivity contribution in [3.05, 3.63) is 23.3 Å². The van der Waals surface area contributed by atoms with Crippen LogP contribution in [0.25, 0.3) is 0 Å². The predicted octanol–water partition coefficient (Wildman–Crippen LogP) is 3.36. The smallest absolute Gasteiger partial charge is 0.310 e. The van der Waals surface area contributed by atoms with Gasteiger partial charge in [0.25, 0.3) is 0 Å². The maximum Gasteiger partial charge on any atom is 0.310 e. The summed E-state index contributed by atoms with van der Waals surface area (Å²) in [7, 11) is 0. The summed E-state index contributed by atoms with van der Waals surface area (Å²) >= 11 is 0. The molecule has 0 bridgehead atoms. The van der Waals surface area contributed by atoms with Gasteiger partial charge >= 0.3 is 5.97 Å². The van der Waals surface area contributed by atoms with Crippen molar-refractivity contribution in [2.24, 2.45) is 0 Å². The number of rotatable bonds is 5. The van der Waals surface area contributed by atoms with Crippen LogP contribution in [-0.4, -0.2) is 21.3 Å². The molecule has 0 aliphatic heterocycles. The van der Waals surface area contributed by atoms with Gasteiger partial charge in [0, 0.05) is 11.6 Å². The summed E-state index contributed by atoms with van der Waals surface area (Å²) in [5.41, 5.74) is 0.747. The average molecular weight is 266 g/mol. The van der Waals surface area contributed by atoms with Crippen LogP contribution in [0.2, 0.25) is 0 Å². The van der Waals surface area contributed by atoms with E-state index in [4.69, 9.17) is 0 Å². The van der Waals surface area contributed by atoms with E-state index >= 15 is 0 Å². The van der Waals surface area contributed by atoms with Crippen molar-refractivity contribution in [3.63, 3.8) is 0 Å². The quantitative estimate of drug-likeness (QED) is 0.763. The first-order chi connectivity index (χ1) is 8.70. The molecule has 1 unspecified atom stereocenters. The van der Waals surface area contributed by atoms with Crippen LogP contribution in [0.1, 0.15) is 57.6 Å². The summed E-state index contributed by atoms with van der Waals surface area (Å²) in [6.07, 6.45) is 1.75. The first kappa shape index (κ1) is 15.3. The second kappa shape index (κ2) is 5.51. The molecule has 4 nitrogen and oxygen atoms in total. The Bertz CT molecular complexity index is 477. The van der Waals surface area contributed by atoms with Gasteiger partial charge in [-0.25, -0.2) is 0 Å². The third-order valence-electron chi connectivity index (χ3n) is 3.52. The highest BCUT2D eigenvalue weighted by Crippen LogP contribution is 2.42. The van der Waals surface area contributed by atoms with Gasteiger partial charge < -0.3 is 15.3 Å². The first-order valence-corrected chi connectivity index (χ1v) is 6.50. The number of carbonyl (C=O) groups is 1. The van der Waals surface area contributed by atoms with Crippen LogP contribution in [0.4, 0.5) is 0 Å². The molecular formula is C15H22O4. The van der Waals surface area contributed by atoms with Gasteiger partial charge in [0.05, 0.1) is 5.92 Å². The van der Waals surface area contributed by atoms with Crippen LogP contribution in [-0.2, 0) is 10.2 Å². The van der Waals surface area contributed by atoms with Crippen LogP contribution in [0, 0.1) is 0 Å². The monoisotopic (exact) mass is 266 g/mol. The molecule has 0 aliphatic rings. The van der Waals surface area contributed by atoms with Gasteiger partial charge in [-0.05, 0) is 30.4 Å². The number of hydrogen-bond donors (Lipinski definition) is 3. The maximum absolute atomic E-state index is 11.2. The molecule has 1 aromatic carbocycles. The molecule has 0 radical (unpaired) electrons. The standard InChI is InChI=1S/C15H22O4/c1-5-6-15(3,4)13-11(9(2)14(18)19)7-10(16)8-12(13)17/h7-9,16-17H,5-6H2,1-4H3,(H,18,19). The van der Waals surface area contributed by atoms with Crippen molar-refractivity contribution < 1.29 is 20.1 Å². The Kier molecular flexibility index (Phi) is 4.45. The van der Waals surface area contributed by atoms with Gasteiger partial charge in [0.1, 0.15) is 11.5 Å². The molecule has 0 saturated carbocycles. The zero-order valence-electron chi connectivity index (χ0n) is 11.9. The lowest BCUT2D eigenvalue weighted by molar-refractivity contribution is -0.138. The van der Waals surface area contributed by atoms with E-state index in [9.17, 15) is 20.1 Å². The predicted molar refractivity (Wildman–Crippen MR) is 73.8 cm³/mol. The van der Waals surface area contributed by atoms with Gasteiger partial charge in [-0.1, -0.05) is 27.2 Å². The second-order valence-electron chi connectivity index (χ2n) is 5.62. The van der Waals surface area contributed by atoms with E-state index in [1.165, 1.54) is 12.1 Å². The van der Waals surface area contributed by atoms with Crippen molar-refractivity contribution in [1.29, 1.82) is 0 Å². The van der Waals surface area contributed by atoms with Gasteiger partial charge in [-0.15, -0.1) is 0 Å². The van der Waals surface area contributed by atoms with E-state index in [2.05, 4.69) is 0 Å². The number of aliphatic carboxylic acids is 1. The zero-order chi connectivity index (χ0) is 14.8. The molecule has 0 saturated heterocycles. The van der Waals surface area contributed by atoms with Crippen molar-refractivity contribution in [2.75, 3.05) is 0 Å². The van der Waals surface area contributed by atoms with Crippen LogP contribution in [0.15, 0.2) is 12.1 Å². The van der Waals surface area contributed by atoms with Gasteiger partial charge in [0.2, 0.25) is 0 Å². The average Bonchev–Trinajstić information content (AvgIpc) is 2.25. The number of phenols is 2. The van der Waals surface area contributed by atoms with Crippen LogP contribution < -0.4 is 0 Å². The minimum Gasteiger partial charge on any atom is -0.508 e. The summed E-state index contributed by atoms with van der Waals surface area (Å²) in [6.45, 7) is 7.54. The Morgan fingerprint density at radius 3 is 2.37 bits per heavy atom. The summed E-state index contributed by atoms with van der Waals surface area (Å²) in [6, 6.07) is 2.70. The van der Waals surface area contributed by atoms with E-state index in [1.807, 2.05) is 20.8 Å². The molecule has 106 valence electrons. The molecule has 1 rings (SSSR count). The van der Waals surface area contributed by atoms with E-state index in [-0.39, 0.29) is 16.9 Å². The Hall–Kier alpha value is -1.71. The SMILES string of the molecule is CCCC(C)(C)c1c(O)cc(O)cc1C(C)C(=O)O. The molecule has 0 aromatic heterocycles. The lowest BCUT2D eigenvalue weighted by Gasteiger charge is -2.29. The zero-order valence-corrected chi connectivity index (χ0v) is 11.9. The summed E-state index contributed by atoms with van der Waals surface area (Å²) < 4.78 is 0. The molecule has 19 heavy (non-hydrogen) atoms. The number of phenolic OH excluding ortho intramolecular Hbond substituents is 2. The fraction of sp³-hybridized carbons (Fsp3) is 0.533. The van der Waals surface area contributed by atoms with E-state index in [0.717, 1.165) is 12.8 Å². The van der Waals surface area contributed by atoms with E-state index in [0.29, 0.717) is 11.1 Å². The van der Waals surface area contributed by atoms with Gasteiger partial charge in [-0.3, -0.25) is 4.79 Å². The first-order valence-electron chi connectivity index (χ1n) is 6.50. The largest absolute Gasteiger partial charge is 0.508 e. The third kappa shape index (κ3) is 3.19. The molecule has 0 aliphatic carbocycles. The topological polar surface area (TPSA) is 77.8 Å². The Balaban J connectivity index is 3.48. The number of benzene rings is 1. The fourth-order valence-corrected chi connectivity index (χ4v) is 2.60. The van der Waals surface area contributed by atoms with Crippen molar-refractivity contribution in [3.8, 4) is 11.5 Å². The summed E-state index contributed by atoms with van der Waals surface area (Å²) in [4.78, 5) is 11.2. The maximum atomic E-state index is 11.2. The molecule has 0 spiro atoms. The van der Waals surface area contributed by atoms with Crippen molar-refractivity contribution >= 4 is 5.97 Å². The highest BCUT2D eigenvalue weighted by molar-refractivity contribution is 5.77. The summed E-state index contributed by atoms with van der Waals surface area (Å²) in [5, 5.41) is 28.9. The molecule has 0 fully saturated rings. The Morgan fingerprint density at radius 1 is 1.32 bits per heavy atom. The molecular weight excluding hydrogens is 244 g/mol. The molecule has 0 amide bonds. The Labute approximate surface area is 113 Å². The Morgan fingerprint density at radius 2 is 1.89 bits per heavy atom. The van der Waals surface area contributed by atoms with Crippen LogP contribution >= 0.6 is 0 Å². The highest BCUT2D eigenvalue weighted by Gasteiger charge is 2.30. The number of aromatic hydroxyl groups is 2. The van der Waals surface area contributed by atoms with Crippen LogP contribution in [0.3, 0.4) is 0 Å².